The van der Waals surface area contributed by atoms with Crippen LogP contribution in [0.1, 0.15) is 36.8 Å². The number of nitro groups is 1. The number of hydrogen-bond donors (Lipinski definition) is 0. The molecule has 0 amide bonds. The maximum absolute atomic E-state index is 11.0. The second kappa shape index (κ2) is 7.61. The van der Waals surface area contributed by atoms with E-state index in [4.69, 9.17) is 0 Å². The van der Waals surface area contributed by atoms with Gasteiger partial charge in [0.15, 0.2) is 0 Å². The Kier molecular flexibility index (Phi) is 5.01. The van der Waals surface area contributed by atoms with Crippen LogP contribution >= 0.6 is 0 Å². The van der Waals surface area contributed by atoms with Gasteiger partial charge in [-0.3, -0.25) is 15.0 Å². The van der Waals surface area contributed by atoms with Crippen LogP contribution in [0.25, 0.3) is 0 Å². The van der Waals surface area contributed by atoms with E-state index in [-0.39, 0.29) is 5.69 Å². The molecule has 0 aliphatic carbocycles. The van der Waals surface area contributed by atoms with Gasteiger partial charge in [-0.2, -0.15) is 5.26 Å². The fraction of sp³-hybridized carbons (Fsp3) is 0.409. The molecule has 2 atom stereocenters. The second-order valence-electron chi connectivity index (χ2n) is 7.85. The van der Waals surface area contributed by atoms with Crippen molar-refractivity contribution in [1.82, 2.24) is 4.90 Å². The molecule has 2 heterocycles. The van der Waals surface area contributed by atoms with Crippen molar-refractivity contribution in [2.24, 2.45) is 0 Å². The van der Waals surface area contributed by atoms with E-state index >= 15 is 0 Å². The van der Waals surface area contributed by atoms with Gasteiger partial charge in [0.1, 0.15) is 6.07 Å². The average Bonchev–Trinajstić information content (AvgIpc) is 2.94. The molecule has 6 heteroatoms. The lowest BCUT2D eigenvalue weighted by Gasteiger charge is -2.43. The predicted octanol–water partition coefficient (Wildman–Crippen LogP) is 4.10. The van der Waals surface area contributed by atoms with Crippen molar-refractivity contribution < 1.29 is 4.92 Å². The lowest BCUT2D eigenvalue weighted by Crippen LogP contribution is -2.49. The van der Waals surface area contributed by atoms with Crippen LogP contribution in [0.15, 0.2) is 48.5 Å². The van der Waals surface area contributed by atoms with Crippen molar-refractivity contribution in [2.75, 3.05) is 11.9 Å². The van der Waals surface area contributed by atoms with Gasteiger partial charge in [-0.05, 0) is 37.3 Å². The normalized spacial score (nSPS) is 23.9. The van der Waals surface area contributed by atoms with Gasteiger partial charge in [0.25, 0.3) is 5.69 Å². The molecule has 4 rings (SSSR count). The van der Waals surface area contributed by atoms with E-state index in [1.54, 1.807) is 6.07 Å². The summed E-state index contributed by atoms with van der Waals surface area (Å²) in [6.07, 6.45) is 4.55. The van der Waals surface area contributed by atoms with Gasteiger partial charge >= 0.3 is 0 Å². The Morgan fingerprint density at radius 1 is 1.18 bits per heavy atom. The molecular formula is C22H24N4O2. The number of nitriles is 1. The zero-order chi connectivity index (χ0) is 19.7. The van der Waals surface area contributed by atoms with E-state index < -0.39 is 4.92 Å². The van der Waals surface area contributed by atoms with Crippen LogP contribution in [0.4, 0.5) is 11.4 Å². The summed E-state index contributed by atoms with van der Waals surface area (Å²) in [5, 5.41) is 20.5. The van der Waals surface area contributed by atoms with Crippen molar-refractivity contribution in [3.8, 4) is 6.07 Å². The Morgan fingerprint density at radius 2 is 1.86 bits per heavy atom. The smallest absolute Gasteiger partial charge is 0.270 e. The number of fused-ring (bicyclic) bond motifs is 2. The van der Waals surface area contributed by atoms with E-state index in [1.807, 2.05) is 7.05 Å². The summed E-state index contributed by atoms with van der Waals surface area (Å²) in [5.74, 6) is 0. The third kappa shape index (κ3) is 3.46. The number of hydrogen-bond acceptors (Lipinski definition) is 5. The largest absolute Gasteiger partial charge is 0.370 e. The molecule has 0 radical (unpaired) electrons. The summed E-state index contributed by atoms with van der Waals surface area (Å²) in [6.45, 7) is 0.994. The van der Waals surface area contributed by atoms with Crippen molar-refractivity contribution in [1.29, 1.82) is 5.26 Å². The SMILES string of the molecule is CN(c1ccc([N+](=O)[O-])cc1C#N)C1CC2CCC(C1)N2Cc1ccccc1. The Bertz CT molecular complexity index is 894. The molecule has 0 N–H and O–H groups in total. The lowest BCUT2D eigenvalue weighted by atomic mass is 9.94. The number of benzene rings is 2. The second-order valence-corrected chi connectivity index (χ2v) is 7.85. The fourth-order valence-electron chi connectivity index (χ4n) is 4.85. The Balaban J connectivity index is 1.50. The molecule has 28 heavy (non-hydrogen) atoms. The van der Waals surface area contributed by atoms with Crippen LogP contribution in [0, 0.1) is 21.4 Å². The van der Waals surface area contributed by atoms with Crippen molar-refractivity contribution >= 4 is 11.4 Å². The minimum Gasteiger partial charge on any atom is -0.370 e. The third-order valence-electron chi connectivity index (χ3n) is 6.31. The molecule has 2 aromatic rings. The summed E-state index contributed by atoms with van der Waals surface area (Å²) in [7, 11) is 2.01. The molecule has 2 fully saturated rings. The topological polar surface area (TPSA) is 73.4 Å². The highest BCUT2D eigenvalue weighted by molar-refractivity contribution is 5.63. The highest BCUT2D eigenvalue weighted by atomic mass is 16.6. The maximum atomic E-state index is 11.0. The number of nitrogens with zero attached hydrogens (tertiary/aromatic N) is 4. The van der Waals surface area contributed by atoms with Gasteiger partial charge in [-0.1, -0.05) is 30.3 Å². The van der Waals surface area contributed by atoms with Gasteiger partial charge in [0.2, 0.25) is 0 Å². The van der Waals surface area contributed by atoms with Crippen molar-refractivity contribution in [3.63, 3.8) is 0 Å². The Hall–Kier alpha value is -2.91. The number of anilines is 1. The zero-order valence-corrected chi connectivity index (χ0v) is 16.0. The first-order valence-electron chi connectivity index (χ1n) is 9.78. The zero-order valence-electron chi connectivity index (χ0n) is 16.0. The van der Waals surface area contributed by atoms with Gasteiger partial charge in [-0.25, -0.2) is 0 Å². The van der Waals surface area contributed by atoms with Gasteiger partial charge in [-0.15, -0.1) is 0 Å². The van der Waals surface area contributed by atoms with E-state index in [1.165, 1.54) is 30.5 Å². The minimum atomic E-state index is -0.451. The van der Waals surface area contributed by atoms with Crippen molar-refractivity contribution in [3.05, 3.63) is 69.8 Å². The number of nitro benzene ring substituents is 1. The van der Waals surface area contributed by atoms with Crippen LogP contribution in [0.2, 0.25) is 0 Å². The number of piperidine rings is 1. The molecule has 144 valence electrons. The van der Waals surface area contributed by atoms with Crippen LogP contribution < -0.4 is 4.90 Å². The molecule has 0 spiro atoms. The minimum absolute atomic E-state index is 0.0357. The van der Waals surface area contributed by atoms with Crippen LogP contribution in [0.5, 0.6) is 0 Å². The Morgan fingerprint density at radius 3 is 2.46 bits per heavy atom. The van der Waals surface area contributed by atoms with E-state index in [9.17, 15) is 15.4 Å². The molecule has 2 aliphatic rings. The summed E-state index contributed by atoms with van der Waals surface area (Å²) < 4.78 is 0. The highest BCUT2D eigenvalue weighted by Gasteiger charge is 2.42. The molecule has 2 aromatic carbocycles. The average molecular weight is 376 g/mol. The highest BCUT2D eigenvalue weighted by Crippen LogP contribution is 2.40. The molecule has 2 saturated heterocycles. The number of rotatable bonds is 5. The summed E-state index contributed by atoms with van der Waals surface area (Å²) in [6, 6.07) is 18.8. The Labute approximate surface area is 165 Å². The molecule has 0 saturated carbocycles. The van der Waals surface area contributed by atoms with Crippen LogP contribution in [0.3, 0.4) is 0 Å². The molecule has 6 nitrogen and oxygen atoms in total. The lowest BCUT2D eigenvalue weighted by molar-refractivity contribution is -0.384. The first kappa shape index (κ1) is 18.5. The maximum Gasteiger partial charge on any atom is 0.270 e. The van der Waals surface area contributed by atoms with Gasteiger partial charge < -0.3 is 4.90 Å². The molecule has 2 bridgehead atoms. The summed E-state index contributed by atoms with van der Waals surface area (Å²) in [5.41, 5.74) is 2.48. The van der Waals surface area contributed by atoms with Gasteiger partial charge in [0.05, 0.1) is 16.2 Å². The summed E-state index contributed by atoms with van der Waals surface area (Å²) in [4.78, 5) is 15.4. The standard InChI is InChI=1S/C22H24N4O2/c1-24(22-10-9-20(26(27)28)11-17(22)14-23)21-12-18-7-8-19(13-21)25(18)15-16-5-3-2-4-6-16/h2-6,9-11,18-19,21H,7-8,12-13,15H2,1H3. The monoisotopic (exact) mass is 376 g/mol. The van der Waals surface area contributed by atoms with Crippen molar-refractivity contribution in [2.45, 2.75) is 50.4 Å². The molecule has 2 aliphatic heterocycles. The molecule has 0 aromatic heterocycles. The number of non-ortho nitro benzene ring substituents is 1. The fourth-order valence-corrected chi connectivity index (χ4v) is 4.85. The van der Waals surface area contributed by atoms with Crippen LogP contribution in [-0.2, 0) is 6.54 Å². The quantitative estimate of drug-likeness (QED) is 0.580. The van der Waals surface area contributed by atoms with Crippen LogP contribution in [-0.4, -0.2) is 35.0 Å². The van der Waals surface area contributed by atoms with E-state index in [0.29, 0.717) is 23.7 Å². The first-order chi connectivity index (χ1) is 13.6. The first-order valence-corrected chi connectivity index (χ1v) is 9.78. The third-order valence-corrected chi connectivity index (χ3v) is 6.31. The molecule has 2 unspecified atom stereocenters. The van der Waals surface area contributed by atoms with E-state index in [2.05, 4.69) is 46.2 Å². The molecular weight excluding hydrogens is 352 g/mol. The predicted molar refractivity (Wildman–Crippen MR) is 108 cm³/mol. The van der Waals surface area contributed by atoms with E-state index in [0.717, 1.165) is 25.1 Å². The summed E-state index contributed by atoms with van der Waals surface area (Å²) >= 11 is 0. The van der Waals surface area contributed by atoms with Gasteiger partial charge in [0, 0.05) is 43.9 Å².